The number of hydrogen-bond acceptors (Lipinski definition) is 0. The van der Waals surface area contributed by atoms with Crippen molar-refractivity contribution in [3.05, 3.63) is 47.5 Å². The van der Waals surface area contributed by atoms with Crippen LogP contribution in [0.15, 0.2) is 36.4 Å². The quantitative estimate of drug-likeness (QED) is 0.669. The summed E-state index contributed by atoms with van der Waals surface area (Å²) < 4.78 is 0. The third-order valence-electron chi connectivity index (χ3n) is 4.29. The first-order valence-corrected chi connectivity index (χ1v) is 6.88. The first kappa shape index (κ1) is 10.8. The summed E-state index contributed by atoms with van der Waals surface area (Å²) in [6.45, 7) is 4.63. The lowest BCUT2D eigenvalue weighted by Gasteiger charge is -2.19. The van der Waals surface area contributed by atoms with Crippen LogP contribution in [0.2, 0.25) is 0 Å². The predicted octanol–water partition coefficient (Wildman–Crippen LogP) is 5.23. The van der Waals surface area contributed by atoms with Gasteiger partial charge in [0.15, 0.2) is 0 Å². The fraction of sp³-hybridized carbons (Fsp3) is 0.412. The molecule has 2 aromatic carbocycles. The van der Waals surface area contributed by atoms with Crippen LogP contribution in [0.25, 0.3) is 10.8 Å². The molecule has 2 atom stereocenters. The Hall–Kier alpha value is -1.30. The molecule has 0 bridgehead atoms. The van der Waals surface area contributed by atoms with E-state index in [4.69, 9.17) is 0 Å². The second kappa shape index (κ2) is 4.18. The molecule has 1 aliphatic carbocycles. The summed E-state index contributed by atoms with van der Waals surface area (Å²) in [7, 11) is 0. The topological polar surface area (TPSA) is 0 Å². The lowest BCUT2D eigenvalue weighted by atomic mass is 9.85. The highest BCUT2D eigenvalue weighted by Gasteiger charge is 2.31. The number of hydrogen-bond donors (Lipinski definition) is 0. The molecule has 0 heterocycles. The van der Waals surface area contributed by atoms with Crippen molar-refractivity contribution in [2.45, 2.75) is 44.9 Å². The molecule has 0 aliphatic heterocycles. The summed E-state index contributed by atoms with van der Waals surface area (Å²) >= 11 is 0. The van der Waals surface area contributed by atoms with Crippen molar-refractivity contribution in [3.63, 3.8) is 0 Å². The molecule has 1 aliphatic rings. The van der Waals surface area contributed by atoms with Gasteiger partial charge < -0.3 is 0 Å². The van der Waals surface area contributed by atoms with Gasteiger partial charge in [-0.1, -0.05) is 56.7 Å². The summed E-state index contributed by atoms with van der Waals surface area (Å²) in [5.74, 6) is 1.50. The van der Waals surface area contributed by atoms with E-state index >= 15 is 0 Å². The molecule has 0 radical (unpaired) electrons. The Labute approximate surface area is 104 Å². The van der Waals surface area contributed by atoms with E-state index < -0.39 is 0 Å². The maximum absolute atomic E-state index is 2.35. The van der Waals surface area contributed by atoms with Crippen molar-refractivity contribution in [1.29, 1.82) is 0 Å². The monoisotopic (exact) mass is 224 g/mol. The molecular formula is C17H20. The van der Waals surface area contributed by atoms with Crippen molar-refractivity contribution >= 4 is 10.8 Å². The second-order valence-corrected chi connectivity index (χ2v) is 5.20. The molecule has 0 aromatic heterocycles. The summed E-state index contributed by atoms with van der Waals surface area (Å²) in [6, 6.07) is 13.6. The van der Waals surface area contributed by atoms with Gasteiger partial charge in [0.2, 0.25) is 0 Å². The van der Waals surface area contributed by atoms with Crippen molar-refractivity contribution in [1.82, 2.24) is 0 Å². The van der Waals surface area contributed by atoms with Crippen LogP contribution in [-0.4, -0.2) is 0 Å². The zero-order valence-electron chi connectivity index (χ0n) is 10.7. The zero-order valence-corrected chi connectivity index (χ0v) is 10.7. The maximum atomic E-state index is 2.35. The maximum Gasteiger partial charge on any atom is -0.00868 e. The third-order valence-corrected chi connectivity index (χ3v) is 4.29. The Morgan fingerprint density at radius 2 is 1.53 bits per heavy atom. The van der Waals surface area contributed by atoms with Crippen LogP contribution in [0.5, 0.6) is 0 Å². The van der Waals surface area contributed by atoms with Gasteiger partial charge in [0, 0.05) is 0 Å². The van der Waals surface area contributed by atoms with E-state index in [1.807, 2.05) is 0 Å². The van der Waals surface area contributed by atoms with Crippen LogP contribution in [0.3, 0.4) is 0 Å². The second-order valence-electron chi connectivity index (χ2n) is 5.20. The van der Waals surface area contributed by atoms with Gasteiger partial charge in [0.05, 0.1) is 0 Å². The highest BCUT2D eigenvalue weighted by Crippen LogP contribution is 2.49. The largest absolute Gasteiger partial charge is 0.0654 e. The summed E-state index contributed by atoms with van der Waals surface area (Å²) in [5.41, 5.74) is 3.20. The first-order chi connectivity index (χ1) is 8.36. The van der Waals surface area contributed by atoms with Gasteiger partial charge in [-0.3, -0.25) is 0 Å². The summed E-state index contributed by atoms with van der Waals surface area (Å²) in [6.07, 6.45) is 3.87. The Balaban J connectivity index is 2.24. The summed E-state index contributed by atoms with van der Waals surface area (Å²) in [5, 5.41) is 2.98. The van der Waals surface area contributed by atoms with Crippen LogP contribution >= 0.6 is 0 Å². The van der Waals surface area contributed by atoms with Crippen LogP contribution < -0.4 is 0 Å². The van der Waals surface area contributed by atoms with Crippen LogP contribution in [0.4, 0.5) is 0 Å². The van der Waals surface area contributed by atoms with Crippen LogP contribution in [-0.2, 0) is 0 Å². The molecule has 0 fully saturated rings. The fourth-order valence-electron chi connectivity index (χ4n) is 3.62. The molecule has 0 saturated heterocycles. The molecule has 17 heavy (non-hydrogen) atoms. The molecule has 2 unspecified atom stereocenters. The van der Waals surface area contributed by atoms with E-state index in [0.29, 0.717) is 0 Å². The molecule has 3 rings (SSSR count). The first-order valence-electron chi connectivity index (χ1n) is 6.88. The number of benzene rings is 2. The Morgan fingerprint density at radius 3 is 2.12 bits per heavy atom. The molecule has 0 heteroatoms. The van der Waals surface area contributed by atoms with Crippen molar-refractivity contribution in [2.75, 3.05) is 0 Å². The van der Waals surface area contributed by atoms with Gasteiger partial charge in [-0.25, -0.2) is 0 Å². The van der Waals surface area contributed by atoms with Crippen molar-refractivity contribution in [2.24, 2.45) is 0 Å². The highest BCUT2D eigenvalue weighted by atomic mass is 14.4. The molecule has 0 N–H and O–H groups in total. The van der Waals surface area contributed by atoms with Crippen molar-refractivity contribution < 1.29 is 0 Å². The van der Waals surface area contributed by atoms with Gasteiger partial charge >= 0.3 is 0 Å². The van der Waals surface area contributed by atoms with E-state index in [1.54, 1.807) is 16.5 Å². The van der Waals surface area contributed by atoms with Crippen molar-refractivity contribution in [3.8, 4) is 0 Å². The standard InChI is InChI=1S/C17H20/c1-3-7-14-13(4-2)15-10-5-8-12-9-6-11-16(14)17(12)15/h5-6,8-11,13-14H,3-4,7H2,1-2H3. The zero-order chi connectivity index (χ0) is 11.8. The minimum absolute atomic E-state index is 0.746. The average Bonchev–Trinajstić information content (AvgIpc) is 2.67. The van der Waals surface area contributed by atoms with Gasteiger partial charge in [0.25, 0.3) is 0 Å². The van der Waals surface area contributed by atoms with Gasteiger partial charge in [0.1, 0.15) is 0 Å². The van der Waals surface area contributed by atoms with E-state index in [-0.39, 0.29) is 0 Å². The van der Waals surface area contributed by atoms with E-state index in [0.717, 1.165) is 11.8 Å². The fourth-order valence-corrected chi connectivity index (χ4v) is 3.62. The molecule has 0 amide bonds. The smallest absolute Gasteiger partial charge is 0.00868 e. The minimum Gasteiger partial charge on any atom is -0.0654 e. The van der Waals surface area contributed by atoms with Crippen LogP contribution in [0.1, 0.15) is 56.1 Å². The minimum atomic E-state index is 0.746. The normalized spacial score (nSPS) is 22.2. The molecular weight excluding hydrogens is 204 g/mol. The van der Waals surface area contributed by atoms with E-state index in [2.05, 4.69) is 50.2 Å². The van der Waals surface area contributed by atoms with Gasteiger partial charge in [-0.2, -0.15) is 0 Å². The Kier molecular flexibility index (Phi) is 2.66. The summed E-state index contributed by atoms with van der Waals surface area (Å²) in [4.78, 5) is 0. The Bertz CT molecular complexity index is 533. The molecule has 88 valence electrons. The lowest BCUT2D eigenvalue weighted by molar-refractivity contribution is 0.507. The third kappa shape index (κ3) is 1.50. The highest BCUT2D eigenvalue weighted by molar-refractivity contribution is 5.92. The molecule has 0 nitrogen and oxygen atoms in total. The van der Waals surface area contributed by atoms with Gasteiger partial charge in [-0.05, 0) is 46.6 Å². The molecule has 2 aromatic rings. The predicted molar refractivity (Wildman–Crippen MR) is 74.6 cm³/mol. The molecule has 0 saturated carbocycles. The average molecular weight is 224 g/mol. The van der Waals surface area contributed by atoms with E-state index in [9.17, 15) is 0 Å². The van der Waals surface area contributed by atoms with Gasteiger partial charge in [-0.15, -0.1) is 0 Å². The van der Waals surface area contributed by atoms with E-state index in [1.165, 1.54) is 24.6 Å². The lowest BCUT2D eigenvalue weighted by Crippen LogP contribution is -2.04. The number of rotatable bonds is 3. The Morgan fingerprint density at radius 1 is 0.882 bits per heavy atom. The SMILES string of the molecule is CCCC1c2cccc3cccc(c23)C1CC. The molecule has 0 spiro atoms. The van der Waals surface area contributed by atoms with Crippen LogP contribution in [0, 0.1) is 0 Å².